The molecule has 1 N–H and O–H groups in total. The number of methoxy groups -OCH3 is 1. The second kappa shape index (κ2) is 13.1. The van der Waals surface area contributed by atoms with Crippen molar-refractivity contribution in [2.75, 3.05) is 18.6 Å². The highest BCUT2D eigenvalue weighted by molar-refractivity contribution is 7.99. The van der Waals surface area contributed by atoms with E-state index in [9.17, 15) is 9.90 Å². The van der Waals surface area contributed by atoms with E-state index in [-0.39, 0.29) is 12.2 Å². The van der Waals surface area contributed by atoms with E-state index in [1.807, 2.05) is 12.1 Å². The van der Waals surface area contributed by atoms with Gasteiger partial charge in [-0.3, -0.25) is 4.79 Å². The number of carbonyl (C=O) groups is 1. The van der Waals surface area contributed by atoms with E-state index in [1.54, 1.807) is 0 Å². The number of aryl methyl sites for hydroxylation is 1. The maximum absolute atomic E-state index is 11.3. The lowest BCUT2D eigenvalue weighted by Crippen LogP contribution is -2.33. The van der Waals surface area contributed by atoms with Gasteiger partial charge in [0.05, 0.1) is 19.6 Å². The van der Waals surface area contributed by atoms with E-state index in [2.05, 4.69) is 53.3 Å². The molecule has 0 aliphatic rings. The molecular formula is C25H31NO3S. The molecule has 0 aromatic heterocycles. The number of aliphatic hydroxyl groups is 1. The minimum absolute atomic E-state index is 0.228. The van der Waals surface area contributed by atoms with Crippen LogP contribution in [0.1, 0.15) is 48.8 Å². The molecule has 2 aromatic rings. The van der Waals surface area contributed by atoms with Gasteiger partial charge in [0.2, 0.25) is 0 Å². The van der Waals surface area contributed by atoms with Gasteiger partial charge in [-0.15, -0.1) is 0 Å². The van der Waals surface area contributed by atoms with E-state index < -0.39 is 11.6 Å². The van der Waals surface area contributed by atoms with Crippen LogP contribution in [0.4, 0.5) is 0 Å². The number of hydrogen-bond acceptors (Lipinski definition) is 5. The molecule has 2 aromatic carbocycles. The molecular weight excluding hydrogens is 394 g/mol. The molecule has 1 unspecified atom stereocenters. The normalized spacial score (nSPS) is 12.7. The first-order valence-electron chi connectivity index (χ1n) is 10.5. The van der Waals surface area contributed by atoms with Crippen LogP contribution in [-0.2, 0) is 22.4 Å². The van der Waals surface area contributed by atoms with Crippen molar-refractivity contribution in [3.8, 4) is 6.07 Å². The summed E-state index contributed by atoms with van der Waals surface area (Å²) in [6.45, 7) is 0. The fourth-order valence-corrected chi connectivity index (χ4v) is 4.39. The van der Waals surface area contributed by atoms with Gasteiger partial charge in [-0.25, -0.2) is 0 Å². The molecule has 0 saturated heterocycles. The fraction of sp³-hybridized carbons (Fsp3) is 0.440. The van der Waals surface area contributed by atoms with Crippen molar-refractivity contribution in [3.05, 3.63) is 71.3 Å². The molecule has 160 valence electrons. The summed E-state index contributed by atoms with van der Waals surface area (Å²) in [6.07, 6.45) is 6.25. The highest BCUT2D eigenvalue weighted by Crippen LogP contribution is 2.20. The molecule has 0 bridgehead atoms. The van der Waals surface area contributed by atoms with E-state index in [4.69, 9.17) is 5.26 Å². The Bertz CT molecular complexity index is 819. The van der Waals surface area contributed by atoms with Crippen LogP contribution in [0, 0.1) is 11.3 Å². The highest BCUT2D eigenvalue weighted by Gasteiger charge is 2.30. The number of hydrogen-bond donors (Lipinski definition) is 1. The molecule has 0 amide bonds. The third-order valence-electron chi connectivity index (χ3n) is 5.05. The summed E-state index contributed by atoms with van der Waals surface area (Å²) in [7, 11) is 1.26. The van der Waals surface area contributed by atoms with Gasteiger partial charge in [-0.1, -0.05) is 67.4 Å². The minimum atomic E-state index is -1.64. The quantitative estimate of drug-likeness (QED) is 0.280. The van der Waals surface area contributed by atoms with Crippen LogP contribution < -0.4 is 0 Å². The Hall–Kier alpha value is -2.29. The Morgan fingerprint density at radius 2 is 1.70 bits per heavy atom. The number of ether oxygens (including phenoxy) is 1. The summed E-state index contributed by atoms with van der Waals surface area (Å²) in [6, 6.07) is 21.1. The first-order chi connectivity index (χ1) is 14.6. The van der Waals surface area contributed by atoms with Gasteiger partial charge >= 0.3 is 5.97 Å². The van der Waals surface area contributed by atoms with E-state index in [1.165, 1.54) is 35.6 Å². The second-order valence-electron chi connectivity index (χ2n) is 7.54. The molecule has 0 saturated carbocycles. The summed E-state index contributed by atoms with van der Waals surface area (Å²) in [5.41, 5.74) is 2.53. The molecule has 1 atom stereocenters. The number of rotatable bonds is 13. The predicted octanol–water partition coefficient (Wildman–Crippen LogP) is 4.93. The summed E-state index contributed by atoms with van der Waals surface area (Å²) < 4.78 is 4.54. The molecule has 0 aliphatic heterocycles. The lowest BCUT2D eigenvalue weighted by atomic mass is 9.96. The van der Waals surface area contributed by atoms with Crippen LogP contribution >= 0.6 is 11.8 Å². The fourth-order valence-electron chi connectivity index (χ4n) is 3.34. The average molecular weight is 426 g/mol. The zero-order chi connectivity index (χ0) is 21.7. The monoisotopic (exact) mass is 425 g/mol. The minimum Gasteiger partial charge on any atom is -0.469 e. The van der Waals surface area contributed by atoms with Gasteiger partial charge < -0.3 is 9.84 Å². The maximum Gasteiger partial charge on any atom is 0.309 e. The standard InChI is InChI=1S/C25H31NO3S/c1-29-24(27)18-25(28,19-26)20-30-16-10-3-2-7-13-22-14-8-9-15-23(22)17-21-11-5-4-6-12-21/h4-6,8-9,11-12,14-15,28H,2-3,7,10,13,16-18,20H2,1H3. The molecule has 0 aliphatic carbocycles. The molecule has 30 heavy (non-hydrogen) atoms. The van der Waals surface area contributed by atoms with Crippen molar-refractivity contribution >= 4 is 17.7 Å². The van der Waals surface area contributed by atoms with Gasteiger partial charge in [0, 0.05) is 5.75 Å². The summed E-state index contributed by atoms with van der Waals surface area (Å²) in [5, 5.41) is 19.2. The Kier molecular flexibility index (Phi) is 10.5. The molecule has 2 rings (SSSR count). The molecule has 0 spiro atoms. The summed E-state index contributed by atoms with van der Waals surface area (Å²) >= 11 is 1.52. The van der Waals surface area contributed by atoms with Gasteiger partial charge in [-0.05, 0) is 48.1 Å². The molecule has 0 fully saturated rings. The lowest BCUT2D eigenvalue weighted by Gasteiger charge is -2.18. The average Bonchev–Trinajstić information content (AvgIpc) is 2.77. The van der Waals surface area contributed by atoms with Crippen LogP contribution in [-0.4, -0.2) is 35.3 Å². The number of esters is 1. The van der Waals surface area contributed by atoms with E-state index >= 15 is 0 Å². The SMILES string of the molecule is COC(=O)CC(O)(C#N)CSCCCCCCc1ccccc1Cc1ccccc1. The Labute approximate surface area is 184 Å². The second-order valence-corrected chi connectivity index (χ2v) is 8.65. The van der Waals surface area contributed by atoms with Crippen molar-refractivity contribution in [3.63, 3.8) is 0 Å². The zero-order valence-corrected chi connectivity index (χ0v) is 18.5. The van der Waals surface area contributed by atoms with Crippen molar-refractivity contribution in [1.29, 1.82) is 5.26 Å². The van der Waals surface area contributed by atoms with Gasteiger partial charge in [0.25, 0.3) is 0 Å². The van der Waals surface area contributed by atoms with Crippen molar-refractivity contribution in [2.24, 2.45) is 0 Å². The smallest absolute Gasteiger partial charge is 0.309 e. The third-order valence-corrected chi connectivity index (χ3v) is 6.31. The van der Waals surface area contributed by atoms with Crippen LogP contribution in [0.15, 0.2) is 54.6 Å². The Morgan fingerprint density at radius 1 is 1.03 bits per heavy atom. The molecule has 5 heteroatoms. The number of benzene rings is 2. The number of nitrogens with zero attached hydrogens (tertiary/aromatic N) is 1. The van der Waals surface area contributed by atoms with Crippen LogP contribution in [0.25, 0.3) is 0 Å². The Morgan fingerprint density at radius 3 is 2.40 bits per heavy atom. The van der Waals surface area contributed by atoms with E-state index in [0.29, 0.717) is 0 Å². The Balaban J connectivity index is 1.64. The maximum atomic E-state index is 11.3. The highest BCUT2D eigenvalue weighted by atomic mass is 32.2. The molecule has 0 radical (unpaired) electrons. The number of nitriles is 1. The van der Waals surface area contributed by atoms with Crippen LogP contribution in [0.3, 0.4) is 0 Å². The first-order valence-corrected chi connectivity index (χ1v) is 11.6. The van der Waals surface area contributed by atoms with Gasteiger partial charge in [-0.2, -0.15) is 17.0 Å². The summed E-state index contributed by atoms with van der Waals surface area (Å²) in [5.74, 6) is 0.536. The lowest BCUT2D eigenvalue weighted by molar-refractivity contribution is -0.143. The summed E-state index contributed by atoms with van der Waals surface area (Å²) in [4.78, 5) is 11.3. The van der Waals surface area contributed by atoms with Gasteiger partial charge in [0.15, 0.2) is 5.60 Å². The number of thioether (sulfide) groups is 1. The van der Waals surface area contributed by atoms with Crippen molar-refractivity contribution in [1.82, 2.24) is 0 Å². The van der Waals surface area contributed by atoms with Crippen LogP contribution in [0.5, 0.6) is 0 Å². The largest absolute Gasteiger partial charge is 0.469 e. The third kappa shape index (κ3) is 8.61. The number of unbranched alkanes of at least 4 members (excludes halogenated alkanes) is 3. The van der Waals surface area contributed by atoms with Crippen LogP contribution in [0.2, 0.25) is 0 Å². The zero-order valence-electron chi connectivity index (χ0n) is 17.7. The predicted molar refractivity (Wildman–Crippen MR) is 122 cm³/mol. The van der Waals surface area contributed by atoms with E-state index in [0.717, 1.165) is 44.3 Å². The topological polar surface area (TPSA) is 70.3 Å². The molecule has 0 heterocycles. The molecule has 4 nitrogen and oxygen atoms in total. The number of carbonyl (C=O) groups excluding carboxylic acids is 1. The van der Waals surface area contributed by atoms with Crippen molar-refractivity contribution in [2.45, 2.75) is 50.5 Å². The van der Waals surface area contributed by atoms with Crippen molar-refractivity contribution < 1.29 is 14.6 Å². The van der Waals surface area contributed by atoms with Gasteiger partial charge in [0.1, 0.15) is 0 Å². The first kappa shape index (κ1) is 24.0.